The predicted octanol–water partition coefficient (Wildman–Crippen LogP) is -0.0171. The molecule has 0 atom stereocenters. The Balaban J connectivity index is 2.88. The van der Waals surface area contributed by atoms with E-state index in [0.717, 1.165) is 5.32 Å². The second-order valence-electron chi connectivity index (χ2n) is 2.47. The molecule has 0 aliphatic carbocycles. The molecule has 0 aromatic rings. The number of nitrogens with zero attached hydrogens (tertiary/aromatic N) is 3. The fourth-order valence-corrected chi connectivity index (χ4v) is 1.26. The van der Waals surface area contributed by atoms with Crippen molar-refractivity contribution in [2.24, 2.45) is 0 Å². The summed E-state index contributed by atoms with van der Waals surface area (Å²) in [6.07, 6.45) is 0. The average molecular weight is 154 g/mol. The van der Waals surface area contributed by atoms with E-state index >= 15 is 0 Å². The van der Waals surface area contributed by atoms with Crippen molar-refractivity contribution in [1.82, 2.24) is 15.1 Å². The highest BCUT2D eigenvalue weighted by Gasteiger charge is 2.22. The van der Waals surface area contributed by atoms with E-state index in [1.54, 1.807) is 0 Å². The molecule has 1 rings (SSSR count). The SMILES string of the molecule is CC1=C([Si])N(C)N(C)N1C. The summed E-state index contributed by atoms with van der Waals surface area (Å²) in [5.41, 5.74) is 1.22. The van der Waals surface area contributed by atoms with Crippen LogP contribution in [0.25, 0.3) is 0 Å². The summed E-state index contributed by atoms with van der Waals surface area (Å²) in [5.74, 6) is 0. The van der Waals surface area contributed by atoms with Gasteiger partial charge in [0.05, 0.1) is 0 Å². The molecule has 1 aliphatic heterocycles. The van der Waals surface area contributed by atoms with Crippen molar-refractivity contribution in [1.29, 1.82) is 0 Å². The third-order valence-electron chi connectivity index (χ3n) is 2.02. The summed E-state index contributed by atoms with van der Waals surface area (Å²) in [6, 6.07) is 0. The van der Waals surface area contributed by atoms with Crippen molar-refractivity contribution in [3.05, 3.63) is 11.0 Å². The lowest BCUT2D eigenvalue weighted by molar-refractivity contribution is -0.0602. The van der Waals surface area contributed by atoms with E-state index < -0.39 is 0 Å². The van der Waals surface area contributed by atoms with Crippen LogP contribution in [0.4, 0.5) is 0 Å². The summed E-state index contributed by atoms with van der Waals surface area (Å²) in [5, 5.41) is 7.25. The van der Waals surface area contributed by atoms with Crippen LogP contribution in [0.1, 0.15) is 6.92 Å². The van der Waals surface area contributed by atoms with Crippen molar-refractivity contribution in [3.8, 4) is 0 Å². The lowest BCUT2D eigenvalue weighted by atomic mass is 10.5. The Labute approximate surface area is 65.3 Å². The minimum Gasteiger partial charge on any atom is -0.299 e. The van der Waals surface area contributed by atoms with Gasteiger partial charge in [-0.2, -0.15) is 0 Å². The topological polar surface area (TPSA) is 9.72 Å². The fourth-order valence-electron chi connectivity index (χ4n) is 0.950. The molecule has 55 valence electrons. The summed E-state index contributed by atoms with van der Waals surface area (Å²) in [4.78, 5) is 0. The number of allylic oxidation sites excluding steroid dienone is 1. The average Bonchev–Trinajstić information content (AvgIpc) is 2.07. The normalized spacial score (nSPS) is 21.3. The van der Waals surface area contributed by atoms with Gasteiger partial charge < -0.3 is 0 Å². The van der Waals surface area contributed by atoms with E-state index in [4.69, 9.17) is 0 Å². The molecule has 0 aromatic carbocycles. The van der Waals surface area contributed by atoms with Gasteiger partial charge in [0.15, 0.2) is 0 Å². The van der Waals surface area contributed by atoms with E-state index in [1.807, 2.05) is 31.3 Å². The van der Waals surface area contributed by atoms with Crippen LogP contribution in [0, 0.1) is 0 Å². The van der Waals surface area contributed by atoms with Crippen molar-refractivity contribution in [2.45, 2.75) is 6.92 Å². The standard InChI is InChI=1S/C6H12N3Si/c1-5-6(10)8(3)9(4)7(5)2/h1-4H3. The van der Waals surface area contributed by atoms with Crippen LogP contribution in [0.15, 0.2) is 11.0 Å². The van der Waals surface area contributed by atoms with Gasteiger partial charge in [0, 0.05) is 32.2 Å². The predicted molar refractivity (Wildman–Crippen MR) is 41.7 cm³/mol. The first-order valence-electron chi connectivity index (χ1n) is 3.19. The molecule has 1 aliphatic rings. The van der Waals surface area contributed by atoms with E-state index in [1.165, 1.54) is 5.70 Å². The largest absolute Gasteiger partial charge is 0.299 e. The number of rotatable bonds is 0. The maximum Gasteiger partial charge on any atom is 0.101 e. The second kappa shape index (κ2) is 2.28. The highest BCUT2D eigenvalue weighted by molar-refractivity contribution is 6.21. The summed E-state index contributed by atoms with van der Waals surface area (Å²) in [6.45, 7) is 2.07. The Morgan fingerprint density at radius 1 is 1.10 bits per heavy atom. The van der Waals surface area contributed by atoms with Crippen LogP contribution >= 0.6 is 0 Å². The van der Waals surface area contributed by atoms with Gasteiger partial charge in [-0.15, -0.1) is 5.12 Å². The van der Waals surface area contributed by atoms with Crippen LogP contribution in [0.5, 0.6) is 0 Å². The number of hydrogen-bond acceptors (Lipinski definition) is 3. The zero-order valence-corrected chi connectivity index (χ0v) is 7.84. The van der Waals surface area contributed by atoms with E-state index in [0.29, 0.717) is 0 Å². The molecule has 0 unspecified atom stereocenters. The van der Waals surface area contributed by atoms with Gasteiger partial charge in [-0.25, -0.2) is 0 Å². The van der Waals surface area contributed by atoms with Gasteiger partial charge in [0.1, 0.15) is 10.2 Å². The third kappa shape index (κ3) is 0.838. The molecule has 0 spiro atoms. The maximum atomic E-state index is 3.52. The first kappa shape index (κ1) is 7.62. The monoisotopic (exact) mass is 154 g/mol. The summed E-state index contributed by atoms with van der Waals surface area (Å²) in [7, 11) is 9.57. The molecule has 3 radical (unpaired) electrons. The smallest absolute Gasteiger partial charge is 0.101 e. The van der Waals surface area contributed by atoms with Crippen LogP contribution < -0.4 is 0 Å². The van der Waals surface area contributed by atoms with Crippen molar-refractivity contribution in [2.75, 3.05) is 21.1 Å². The maximum absolute atomic E-state index is 3.52. The Hall–Kier alpha value is -0.483. The molecule has 0 saturated heterocycles. The van der Waals surface area contributed by atoms with Gasteiger partial charge in [-0.3, -0.25) is 10.0 Å². The van der Waals surface area contributed by atoms with Gasteiger partial charge in [-0.1, -0.05) is 0 Å². The molecule has 4 heteroatoms. The highest BCUT2D eigenvalue weighted by Crippen LogP contribution is 2.19. The van der Waals surface area contributed by atoms with Crippen molar-refractivity contribution < 1.29 is 0 Å². The van der Waals surface area contributed by atoms with Crippen molar-refractivity contribution in [3.63, 3.8) is 0 Å². The van der Waals surface area contributed by atoms with Gasteiger partial charge >= 0.3 is 0 Å². The van der Waals surface area contributed by atoms with E-state index in [-0.39, 0.29) is 0 Å². The highest BCUT2D eigenvalue weighted by atomic mass is 28.1. The molecular weight excluding hydrogens is 142 g/mol. The summed E-state index contributed by atoms with van der Waals surface area (Å²) >= 11 is 0. The molecule has 0 N–H and O–H groups in total. The Kier molecular flexibility index (Phi) is 1.74. The molecule has 1 heterocycles. The molecule has 10 heavy (non-hydrogen) atoms. The van der Waals surface area contributed by atoms with Crippen LogP contribution in [0.2, 0.25) is 0 Å². The first-order valence-corrected chi connectivity index (χ1v) is 3.69. The molecule has 0 fully saturated rings. The zero-order valence-electron chi connectivity index (χ0n) is 6.84. The minimum atomic E-state index is 1.12. The van der Waals surface area contributed by atoms with Crippen molar-refractivity contribution >= 4 is 10.2 Å². The lowest BCUT2D eigenvalue weighted by Gasteiger charge is -2.28. The Morgan fingerprint density at radius 3 is 1.70 bits per heavy atom. The van der Waals surface area contributed by atoms with Gasteiger partial charge in [0.2, 0.25) is 0 Å². The summed E-state index contributed by atoms with van der Waals surface area (Å²) < 4.78 is 0. The fraction of sp³-hybridized carbons (Fsp3) is 0.667. The Morgan fingerprint density at radius 2 is 1.60 bits per heavy atom. The molecular formula is C6H12N3Si. The first-order chi connectivity index (χ1) is 4.55. The molecule has 0 saturated carbocycles. The van der Waals surface area contributed by atoms with E-state index in [2.05, 4.69) is 22.2 Å². The number of hydrazine groups is 2. The zero-order chi connectivity index (χ0) is 7.89. The van der Waals surface area contributed by atoms with Crippen LogP contribution in [0.3, 0.4) is 0 Å². The van der Waals surface area contributed by atoms with Gasteiger partial charge in [-0.05, 0) is 6.92 Å². The molecule has 3 nitrogen and oxygen atoms in total. The molecule has 0 amide bonds. The third-order valence-corrected chi connectivity index (χ3v) is 2.71. The Bertz CT molecular complexity index is 160. The second-order valence-corrected chi connectivity index (χ2v) is 2.94. The molecule has 0 aromatic heterocycles. The van der Waals surface area contributed by atoms with Crippen LogP contribution in [-0.2, 0) is 0 Å². The quantitative estimate of drug-likeness (QED) is 0.454. The minimum absolute atomic E-state index is 1.12. The molecule has 0 bridgehead atoms. The van der Waals surface area contributed by atoms with Gasteiger partial charge in [0.25, 0.3) is 0 Å². The van der Waals surface area contributed by atoms with E-state index in [9.17, 15) is 0 Å². The number of hydrogen-bond donors (Lipinski definition) is 0. The van der Waals surface area contributed by atoms with Crippen LogP contribution in [-0.4, -0.2) is 46.5 Å². The lowest BCUT2D eigenvalue weighted by Crippen LogP contribution is -2.38.